The van der Waals surface area contributed by atoms with Crippen molar-refractivity contribution in [3.63, 3.8) is 0 Å². The molecule has 17 heavy (non-hydrogen) atoms. The van der Waals surface area contributed by atoms with E-state index in [4.69, 9.17) is 9.47 Å². The summed E-state index contributed by atoms with van der Waals surface area (Å²) in [7, 11) is 0. The van der Waals surface area contributed by atoms with Gasteiger partial charge in [0, 0.05) is 12.3 Å². The SMILES string of the molecule is O=C1CCC=CC1Cc1ccc2c(c1)OCO2. The van der Waals surface area contributed by atoms with Gasteiger partial charge in [0.15, 0.2) is 11.5 Å². The van der Waals surface area contributed by atoms with Gasteiger partial charge in [-0.05, 0) is 30.5 Å². The second-order valence-corrected chi connectivity index (χ2v) is 4.43. The summed E-state index contributed by atoms with van der Waals surface area (Å²) in [4.78, 5) is 11.7. The molecule has 3 nitrogen and oxygen atoms in total. The third-order valence-corrected chi connectivity index (χ3v) is 3.23. The number of carbonyl (C=O) groups is 1. The lowest BCUT2D eigenvalue weighted by atomic mass is 9.89. The molecule has 0 radical (unpaired) electrons. The number of hydrogen-bond acceptors (Lipinski definition) is 3. The molecule has 0 spiro atoms. The summed E-state index contributed by atoms with van der Waals surface area (Å²) in [5.74, 6) is 1.95. The molecule has 0 saturated carbocycles. The van der Waals surface area contributed by atoms with Crippen LogP contribution >= 0.6 is 0 Å². The number of ether oxygens (including phenoxy) is 2. The molecule has 1 aromatic rings. The number of fused-ring (bicyclic) bond motifs is 1. The van der Waals surface area contributed by atoms with E-state index in [2.05, 4.69) is 6.08 Å². The Bertz CT molecular complexity index is 476. The largest absolute Gasteiger partial charge is 0.454 e. The summed E-state index contributed by atoms with van der Waals surface area (Å²) in [6.45, 7) is 0.293. The van der Waals surface area contributed by atoms with E-state index >= 15 is 0 Å². The van der Waals surface area contributed by atoms with Crippen molar-refractivity contribution in [2.45, 2.75) is 19.3 Å². The molecular weight excluding hydrogens is 216 g/mol. The molecule has 1 aliphatic carbocycles. The molecular formula is C14H14O3. The molecule has 88 valence electrons. The Morgan fingerprint density at radius 1 is 1.24 bits per heavy atom. The first-order valence-corrected chi connectivity index (χ1v) is 5.91. The van der Waals surface area contributed by atoms with Crippen LogP contribution in [0.15, 0.2) is 30.4 Å². The predicted molar refractivity (Wildman–Crippen MR) is 63.1 cm³/mol. The minimum absolute atomic E-state index is 0.0316. The molecule has 1 aromatic carbocycles. The van der Waals surface area contributed by atoms with E-state index in [-0.39, 0.29) is 5.92 Å². The second-order valence-electron chi connectivity index (χ2n) is 4.43. The number of ketones is 1. The lowest BCUT2D eigenvalue weighted by Crippen LogP contribution is -2.17. The number of allylic oxidation sites excluding steroid dienone is 2. The highest BCUT2D eigenvalue weighted by molar-refractivity contribution is 5.84. The summed E-state index contributed by atoms with van der Waals surface area (Å²) in [6.07, 6.45) is 6.43. The van der Waals surface area contributed by atoms with E-state index in [0.29, 0.717) is 19.0 Å². The lowest BCUT2D eigenvalue weighted by molar-refractivity contribution is -0.121. The van der Waals surface area contributed by atoms with Gasteiger partial charge in [-0.15, -0.1) is 0 Å². The molecule has 0 amide bonds. The average Bonchev–Trinajstić information content (AvgIpc) is 2.79. The maximum atomic E-state index is 11.7. The van der Waals surface area contributed by atoms with Crippen LogP contribution in [-0.2, 0) is 11.2 Å². The van der Waals surface area contributed by atoms with Crippen molar-refractivity contribution < 1.29 is 14.3 Å². The number of carbonyl (C=O) groups excluding carboxylic acids is 1. The molecule has 3 heteroatoms. The zero-order valence-electron chi connectivity index (χ0n) is 9.52. The highest BCUT2D eigenvalue weighted by Crippen LogP contribution is 2.33. The van der Waals surface area contributed by atoms with Gasteiger partial charge >= 0.3 is 0 Å². The van der Waals surface area contributed by atoms with Crippen molar-refractivity contribution in [1.29, 1.82) is 0 Å². The van der Waals surface area contributed by atoms with E-state index in [9.17, 15) is 4.79 Å². The Labute approximate surface area is 100 Å². The number of benzene rings is 1. The summed E-state index contributed by atoms with van der Waals surface area (Å²) in [5, 5.41) is 0. The maximum absolute atomic E-state index is 11.7. The van der Waals surface area contributed by atoms with Gasteiger partial charge in [0.05, 0.1) is 0 Å². The van der Waals surface area contributed by atoms with Crippen LogP contribution in [0.5, 0.6) is 11.5 Å². The van der Waals surface area contributed by atoms with E-state index < -0.39 is 0 Å². The third kappa shape index (κ3) is 2.05. The molecule has 1 atom stereocenters. The molecule has 0 fully saturated rings. The quantitative estimate of drug-likeness (QED) is 0.732. The van der Waals surface area contributed by atoms with Crippen molar-refractivity contribution >= 4 is 5.78 Å². The van der Waals surface area contributed by atoms with Crippen molar-refractivity contribution in [2.24, 2.45) is 5.92 Å². The van der Waals surface area contributed by atoms with Crippen molar-refractivity contribution in [1.82, 2.24) is 0 Å². The molecule has 0 bridgehead atoms. The highest BCUT2D eigenvalue weighted by atomic mass is 16.7. The zero-order chi connectivity index (χ0) is 11.7. The van der Waals surface area contributed by atoms with E-state index in [1.54, 1.807) is 0 Å². The summed E-state index contributed by atoms with van der Waals surface area (Å²) in [6, 6.07) is 5.88. The fourth-order valence-electron chi connectivity index (χ4n) is 2.28. The fraction of sp³-hybridized carbons (Fsp3) is 0.357. The molecule has 1 heterocycles. The maximum Gasteiger partial charge on any atom is 0.231 e. The average molecular weight is 230 g/mol. The topological polar surface area (TPSA) is 35.5 Å². The van der Waals surface area contributed by atoms with Crippen LogP contribution in [0.2, 0.25) is 0 Å². The molecule has 3 rings (SSSR count). The fourth-order valence-corrected chi connectivity index (χ4v) is 2.28. The Hall–Kier alpha value is -1.77. The Morgan fingerprint density at radius 2 is 2.12 bits per heavy atom. The summed E-state index contributed by atoms with van der Waals surface area (Å²) >= 11 is 0. The monoisotopic (exact) mass is 230 g/mol. The van der Waals surface area contributed by atoms with Gasteiger partial charge in [-0.3, -0.25) is 4.79 Å². The molecule has 0 aromatic heterocycles. The van der Waals surface area contributed by atoms with Gasteiger partial charge in [-0.2, -0.15) is 0 Å². The number of Topliss-reactive ketones (excluding diaryl/α,β-unsaturated/α-hetero) is 1. The zero-order valence-corrected chi connectivity index (χ0v) is 9.52. The van der Waals surface area contributed by atoms with Gasteiger partial charge in [-0.1, -0.05) is 18.2 Å². The van der Waals surface area contributed by atoms with Gasteiger partial charge in [0.2, 0.25) is 6.79 Å². The van der Waals surface area contributed by atoms with Crippen LogP contribution in [0.3, 0.4) is 0 Å². The summed E-state index contributed by atoms with van der Waals surface area (Å²) < 4.78 is 10.6. The minimum Gasteiger partial charge on any atom is -0.454 e. The second kappa shape index (κ2) is 4.24. The van der Waals surface area contributed by atoms with Crippen LogP contribution in [0.1, 0.15) is 18.4 Å². The van der Waals surface area contributed by atoms with Gasteiger partial charge < -0.3 is 9.47 Å². The van der Waals surface area contributed by atoms with E-state index in [1.807, 2.05) is 24.3 Å². The first kappa shape index (κ1) is 10.4. The molecule has 1 unspecified atom stereocenters. The van der Waals surface area contributed by atoms with Crippen molar-refractivity contribution in [3.8, 4) is 11.5 Å². The number of rotatable bonds is 2. The van der Waals surface area contributed by atoms with Crippen LogP contribution in [0.4, 0.5) is 0 Å². The normalized spacial score (nSPS) is 21.9. The standard InChI is InChI=1S/C14H14O3/c15-12-4-2-1-3-11(12)7-10-5-6-13-14(8-10)17-9-16-13/h1,3,5-6,8,11H,2,4,7,9H2. The molecule has 2 aliphatic rings. The van der Waals surface area contributed by atoms with Crippen molar-refractivity contribution in [3.05, 3.63) is 35.9 Å². The Balaban J connectivity index is 1.79. The van der Waals surface area contributed by atoms with E-state index in [1.165, 1.54) is 0 Å². The molecule has 0 saturated heterocycles. The van der Waals surface area contributed by atoms with Crippen LogP contribution in [0.25, 0.3) is 0 Å². The first-order valence-electron chi connectivity index (χ1n) is 5.91. The van der Waals surface area contributed by atoms with Gasteiger partial charge in [0.1, 0.15) is 5.78 Å². The third-order valence-electron chi connectivity index (χ3n) is 3.23. The molecule has 0 N–H and O–H groups in total. The first-order chi connectivity index (χ1) is 8.33. The van der Waals surface area contributed by atoms with Crippen LogP contribution in [0, 0.1) is 5.92 Å². The Morgan fingerprint density at radius 3 is 3.00 bits per heavy atom. The van der Waals surface area contributed by atoms with Gasteiger partial charge in [-0.25, -0.2) is 0 Å². The van der Waals surface area contributed by atoms with Crippen LogP contribution < -0.4 is 9.47 Å². The predicted octanol–water partition coefficient (Wildman–Crippen LogP) is 2.49. The van der Waals surface area contributed by atoms with E-state index in [0.717, 1.165) is 29.9 Å². The molecule has 1 aliphatic heterocycles. The van der Waals surface area contributed by atoms with Crippen LogP contribution in [-0.4, -0.2) is 12.6 Å². The van der Waals surface area contributed by atoms with Gasteiger partial charge in [0.25, 0.3) is 0 Å². The highest BCUT2D eigenvalue weighted by Gasteiger charge is 2.20. The van der Waals surface area contributed by atoms with Crippen molar-refractivity contribution in [2.75, 3.05) is 6.79 Å². The number of hydrogen-bond donors (Lipinski definition) is 0. The lowest BCUT2D eigenvalue weighted by Gasteiger charge is -2.15. The summed E-state index contributed by atoms with van der Waals surface area (Å²) in [5.41, 5.74) is 1.12. The smallest absolute Gasteiger partial charge is 0.231 e. The minimum atomic E-state index is 0.0316. The Kier molecular flexibility index (Phi) is 2.59.